The molecule has 23 heavy (non-hydrogen) atoms. The van der Waals surface area contributed by atoms with Gasteiger partial charge in [-0.15, -0.1) is 6.58 Å². The predicted molar refractivity (Wildman–Crippen MR) is 85.7 cm³/mol. The van der Waals surface area contributed by atoms with Crippen LogP contribution in [0.4, 0.5) is 0 Å². The molecule has 0 unspecified atom stereocenters. The first-order chi connectivity index (χ1) is 10.9. The molecule has 0 aromatic rings. The number of aliphatic hydroxyl groups is 2. The Hall–Kier alpha value is -0.590. The van der Waals surface area contributed by atoms with E-state index in [1.54, 1.807) is 0 Å². The van der Waals surface area contributed by atoms with E-state index in [0.717, 1.165) is 13.2 Å². The zero-order valence-electron chi connectivity index (χ0n) is 13.8. The molecule has 0 amide bonds. The Morgan fingerprint density at radius 3 is 1.52 bits per heavy atom. The Labute approximate surface area is 138 Å². The molecule has 0 spiro atoms. The molecule has 0 heterocycles. The van der Waals surface area contributed by atoms with Crippen LogP contribution in [-0.4, -0.2) is 82.6 Å². The third kappa shape index (κ3) is 44.9. The lowest BCUT2D eigenvalue weighted by Gasteiger charge is -2.01. The standard InChI is InChI=1S/C6H14O4.C4H10O.C3H6O4S/c7-1-3-9-5-6-10-4-2-8;1-3-5-4-2;1-2-3-7-8(4,5)6/h7-8H,1-6H2;3-4H2,1-2H3;2H,1,3H2,(H,4,5,6). The molecule has 0 saturated carbocycles. The summed E-state index contributed by atoms with van der Waals surface area (Å²) in [5.74, 6) is 0. The SMILES string of the molecule is C=CCOS(=O)(=O)O.CCOCC.OCCOCCOCCO. The molecule has 0 aromatic carbocycles. The van der Waals surface area contributed by atoms with Gasteiger partial charge in [0.1, 0.15) is 0 Å². The predicted octanol–water partition coefficient (Wildman–Crippen LogP) is 0.0388. The highest BCUT2D eigenvalue weighted by Gasteiger charge is 1.99. The minimum Gasteiger partial charge on any atom is -0.394 e. The first-order valence-electron chi connectivity index (χ1n) is 7.07. The van der Waals surface area contributed by atoms with Crippen molar-refractivity contribution >= 4 is 10.4 Å². The average Bonchev–Trinajstić information content (AvgIpc) is 2.50. The number of hydrogen-bond acceptors (Lipinski definition) is 8. The number of ether oxygens (including phenoxy) is 3. The molecule has 3 N–H and O–H groups in total. The lowest BCUT2D eigenvalue weighted by Crippen LogP contribution is -2.09. The van der Waals surface area contributed by atoms with Gasteiger partial charge in [-0.2, -0.15) is 8.42 Å². The molecule has 9 nitrogen and oxygen atoms in total. The minimum atomic E-state index is -4.26. The van der Waals surface area contributed by atoms with Gasteiger partial charge in [-0.3, -0.25) is 4.55 Å². The van der Waals surface area contributed by atoms with Crippen LogP contribution in [0.1, 0.15) is 13.8 Å². The van der Waals surface area contributed by atoms with Crippen LogP contribution >= 0.6 is 0 Å². The maximum absolute atomic E-state index is 9.68. The van der Waals surface area contributed by atoms with Crippen molar-refractivity contribution in [3.05, 3.63) is 12.7 Å². The summed E-state index contributed by atoms with van der Waals surface area (Å²) < 4.78 is 45.6. The van der Waals surface area contributed by atoms with Crippen LogP contribution < -0.4 is 0 Å². The highest BCUT2D eigenvalue weighted by atomic mass is 32.3. The molecule has 0 atom stereocenters. The van der Waals surface area contributed by atoms with Crippen LogP contribution in [-0.2, 0) is 28.8 Å². The fourth-order valence-corrected chi connectivity index (χ4v) is 1.06. The van der Waals surface area contributed by atoms with Gasteiger partial charge >= 0.3 is 10.4 Å². The number of rotatable bonds is 12. The molecule has 0 aliphatic rings. The Morgan fingerprint density at radius 2 is 1.35 bits per heavy atom. The van der Waals surface area contributed by atoms with E-state index in [1.165, 1.54) is 6.08 Å². The average molecular weight is 362 g/mol. The molecule has 0 aliphatic carbocycles. The molecular formula is C13H30O9S. The van der Waals surface area contributed by atoms with Gasteiger partial charge in [-0.1, -0.05) is 6.08 Å². The second-order valence-electron chi connectivity index (χ2n) is 3.45. The fourth-order valence-electron chi connectivity index (χ4n) is 0.789. The van der Waals surface area contributed by atoms with Crippen LogP contribution in [0.15, 0.2) is 12.7 Å². The van der Waals surface area contributed by atoms with E-state index in [9.17, 15) is 8.42 Å². The molecule has 0 bridgehead atoms. The first kappa shape index (κ1) is 27.3. The third-order valence-corrected chi connectivity index (χ3v) is 2.02. The summed E-state index contributed by atoms with van der Waals surface area (Å²) in [5.41, 5.74) is 0. The van der Waals surface area contributed by atoms with Crippen molar-refractivity contribution in [3.63, 3.8) is 0 Å². The highest BCUT2D eigenvalue weighted by molar-refractivity contribution is 7.80. The monoisotopic (exact) mass is 362 g/mol. The molecule has 0 radical (unpaired) electrons. The summed E-state index contributed by atoms with van der Waals surface area (Å²) in [5, 5.41) is 16.5. The maximum Gasteiger partial charge on any atom is 0.397 e. The lowest BCUT2D eigenvalue weighted by molar-refractivity contribution is 0.0222. The third-order valence-electron chi connectivity index (χ3n) is 1.59. The van der Waals surface area contributed by atoms with Crippen LogP contribution in [0.25, 0.3) is 0 Å². The Bertz CT molecular complexity index is 297. The molecule has 0 aromatic heterocycles. The van der Waals surface area contributed by atoms with E-state index in [4.69, 9.17) is 29.0 Å². The second-order valence-corrected chi connectivity index (χ2v) is 4.55. The van der Waals surface area contributed by atoms with Gasteiger partial charge in [-0.05, 0) is 13.8 Å². The van der Waals surface area contributed by atoms with Crippen molar-refractivity contribution in [3.8, 4) is 0 Å². The van der Waals surface area contributed by atoms with E-state index in [2.05, 4.69) is 10.8 Å². The first-order valence-corrected chi connectivity index (χ1v) is 8.43. The lowest BCUT2D eigenvalue weighted by atomic mass is 10.7. The largest absolute Gasteiger partial charge is 0.397 e. The Balaban J connectivity index is -0.000000276. The van der Waals surface area contributed by atoms with Gasteiger partial charge in [0.2, 0.25) is 0 Å². The Morgan fingerprint density at radius 1 is 0.913 bits per heavy atom. The summed E-state index contributed by atoms with van der Waals surface area (Å²) in [6.45, 7) is 10.4. The molecule has 0 fully saturated rings. The van der Waals surface area contributed by atoms with Gasteiger partial charge in [0.15, 0.2) is 0 Å². The van der Waals surface area contributed by atoms with Crippen LogP contribution in [0.2, 0.25) is 0 Å². The van der Waals surface area contributed by atoms with E-state index in [1.807, 2.05) is 13.8 Å². The van der Waals surface area contributed by atoms with Crippen molar-refractivity contribution in [2.24, 2.45) is 0 Å². The van der Waals surface area contributed by atoms with Crippen molar-refractivity contribution in [1.82, 2.24) is 0 Å². The summed E-state index contributed by atoms with van der Waals surface area (Å²) >= 11 is 0. The molecule has 0 rings (SSSR count). The van der Waals surface area contributed by atoms with E-state index in [-0.39, 0.29) is 19.8 Å². The highest BCUT2D eigenvalue weighted by Crippen LogP contribution is 1.83. The zero-order chi connectivity index (χ0) is 18.4. The molecule has 10 heteroatoms. The summed E-state index contributed by atoms with van der Waals surface area (Å²) in [6.07, 6.45) is 1.22. The van der Waals surface area contributed by atoms with Crippen molar-refractivity contribution in [1.29, 1.82) is 0 Å². The minimum absolute atomic E-state index is 0.0417. The van der Waals surface area contributed by atoms with Gasteiger partial charge in [0.25, 0.3) is 0 Å². The summed E-state index contributed by atoms with van der Waals surface area (Å²) in [7, 11) is -4.26. The fraction of sp³-hybridized carbons (Fsp3) is 0.846. The molecular weight excluding hydrogens is 332 g/mol. The number of aliphatic hydroxyl groups excluding tert-OH is 2. The normalized spacial score (nSPS) is 10.1. The summed E-state index contributed by atoms with van der Waals surface area (Å²) in [6, 6.07) is 0. The van der Waals surface area contributed by atoms with Gasteiger partial charge < -0.3 is 24.4 Å². The van der Waals surface area contributed by atoms with Crippen molar-refractivity contribution in [2.75, 3.05) is 59.5 Å². The maximum atomic E-state index is 9.68. The molecule has 0 saturated heterocycles. The summed E-state index contributed by atoms with van der Waals surface area (Å²) in [4.78, 5) is 0. The van der Waals surface area contributed by atoms with E-state index < -0.39 is 10.4 Å². The molecule has 142 valence electrons. The van der Waals surface area contributed by atoms with E-state index in [0.29, 0.717) is 26.4 Å². The van der Waals surface area contributed by atoms with E-state index >= 15 is 0 Å². The van der Waals surface area contributed by atoms with Gasteiger partial charge in [0, 0.05) is 13.2 Å². The van der Waals surface area contributed by atoms with Crippen LogP contribution in [0, 0.1) is 0 Å². The smallest absolute Gasteiger partial charge is 0.394 e. The van der Waals surface area contributed by atoms with Crippen molar-refractivity contribution in [2.45, 2.75) is 13.8 Å². The van der Waals surface area contributed by atoms with Crippen LogP contribution in [0.3, 0.4) is 0 Å². The number of hydrogen-bond donors (Lipinski definition) is 3. The zero-order valence-corrected chi connectivity index (χ0v) is 14.7. The van der Waals surface area contributed by atoms with Crippen LogP contribution in [0.5, 0.6) is 0 Å². The van der Waals surface area contributed by atoms with Gasteiger partial charge in [0.05, 0.1) is 46.2 Å². The molecule has 0 aliphatic heterocycles. The Kier molecular flexibility index (Phi) is 28.1. The quantitative estimate of drug-likeness (QED) is 0.250. The van der Waals surface area contributed by atoms with Crippen molar-refractivity contribution < 1.29 is 41.6 Å². The van der Waals surface area contributed by atoms with Gasteiger partial charge in [-0.25, -0.2) is 4.18 Å². The second kappa shape index (κ2) is 23.7. The topological polar surface area (TPSA) is 132 Å².